The average Bonchev–Trinajstić information content (AvgIpc) is 2.73. The van der Waals surface area contributed by atoms with Gasteiger partial charge in [-0.25, -0.2) is 13.2 Å². The second-order valence-electron chi connectivity index (χ2n) is 3.25. The molecule has 0 unspecified atom stereocenters. The number of nitrogens with two attached hydrogens (primary N) is 1. The number of hydrogen-bond donors (Lipinski definition) is 2. The molecule has 0 radical (unpaired) electrons. The van der Waals surface area contributed by atoms with Crippen molar-refractivity contribution in [1.29, 1.82) is 0 Å². The maximum atomic E-state index is 13.4. The molecule has 0 bridgehead atoms. The van der Waals surface area contributed by atoms with Gasteiger partial charge in [0.1, 0.15) is 11.5 Å². The minimum atomic E-state index is -1.37. The van der Waals surface area contributed by atoms with Crippen LogP contribution in [0.4, 0.5) is 13.2 Å². The zero-order valence-corrected chi connectivity index (χ0v) is 8.30. The van der Waals surface area contributed by atoms with Crippen LogP contribution in [0.25, 0.3) is 11.3 Å². The summed E-state index contributed by atoms with van der Waals surface area (Å²) in [4.78, 5) is 10.8. The molecule has 0 saturated heterocycles. The van der Waals surface area contributed by atoms with Crippen LogP contribution in [0, 0.1) is 17.5 Å². The number of carbonyl (C=O) groups is 1. The van der Waals surface area contributed by atoms with Gasteiger partial charge in [0.25, 0.3) is 5.91 Å². The smallest absolute Gasteiger partial charge is 0.266 e. The second kappa shape index (κ2) is 3.93. The van der Waals surface area contributed by atoms with Crippen LogP contribution in [0.5, 0.6) is 0 Å². The van der Waals surface area contributed by atoms with Gasteiger partial charge in [-0.05, 0) is 18.2 Å². The predicted molar refractivity (Wildman–Crippen MR) is 52.4 cm³/mol. The molecule has 0 atom stereocenters. The highest BCUT2D eigenvalue weighted by atomic mass is 19.2. The van der Waals surface area contributed by atoms with Crippen molar-refractivity contribution >= 4 is 5.91 Å². The van der Waals surface area contributed by atoms with Crippen LogP contribution >= 0.6 is 0 Å². The highest BCUT2D eigenvalue weighted by Crippen LogP contribution is 2.26. The molecule has 2 rings (SSSR count). The van der Waals surface area contributed by atoms with E-state index in [1.807, 2.05) is 0 Å². The second-order valence-corrected chi connectivity index (χ2v) is 3.25. The molecule has 17 heavy (non-hydrogen) atoms. The van der Waals surface area contributed by atoms with Gasteiger partial charge in [0.2, 0.25) is 0 Å². The molecule has 2 aromatic rings. The number of nitrogens with zero attached hydrogens (tertiary/aromatic N) is 1. The van der Waals surface area contributed by atoms with Crippen molar-refractivity contribution in [3.05, 3.63) is 41.3 Å². The van der Waals surface area contributed by atoms with Crippen molar-refractivity contribution < 1.29 is 18.0 Å². The van der Waals surface area contributed by atoms with E-state index in [-0.39, 0.29) is 11.4 Å². The molecule has 0 fully saturated rings. The Hall–Kier alpha value is -2.31. The Morgan fingerprint density at radius 2 is 1.88 bits per heavy atom. The maximum absolute atomic E-state index is 13.4. The Kier molecular flexibility index (Phi) is 2.58. The number of rotatable bonds is 2. The van der Waals surface area contributed by atoms with Crippen LogP contribution < -0.4 is 5.73 Å². The average molecular weight is 241 g/mol. The molecule has 3 N–H and O–H groups in total. The first kappa shape index (κ1) is 11.2. The molecule has 1 aromatic heterocycles. The van der Waals surface area contributed by atoms with Crippen molar-refractivity contribution in [3.63, 3.8) is 0 Å². The molecule has 1 aromatic carbocycles. The van der Waals surface area contributed by atoms with E-state index in [1.54, 1.807) is 0 Å². The molecule has 1 amide bonds. The molecular formula is C10H6F3N3O. The summed E-state index contributed by atoms with van der Waals surface area (Å²) >= 11 is 0. The molecular weight excluding hydrogens is 235 g/mol. The van der Waals surface area contributed by atoms with Gasteiger partial charge in [-0.1, -0.05) is 0 Å². The van der Waals surface area contributed by atoms with Crippen LogP contribution in [-0.4, -0.2) is 16.1 Å². The van der Waals surface area contributed by atoms with Gasteiger partial charge in [-0.15, -0.1) is 0 Å². The highest BCUT2D eigenvalue weighted by molar-refractivity contribution is 5.91. The SMILES string of the molecule is NC(=O)c1cc(-c2c(F)ccc(F)c2F)n[nH]1. The first-order valence-corrected chi connectivity index (χ1v) is 4.49. The van der Waals surface area contributed by atoms with Crippen molar-refractivity contribution in [3.8, 4) is 11.3 Å². The Labute approximate surface area is 93.2 Å². The largest absolute Gasteiger partial charge is 0.364 e. The molecule has 0 saturated carbocycles. The molecule has 7 heteroatoms. The first-order chi connectivity index (χ1) is 8.00. The summed E-state index contributed by atoms with van der Waals surface area (Å²) in [5.74, 6) is -4.38. The summed E-state index contributed by atoms with van der Waals surface area (Å²) in [5, 5.41) is 5.70. The standard InChI is InChI=1S/C10H6F3N3O/c11-4-1-2-5(12)9(13)8(4)6-3-7(10(14)17)16-15-6/h1-3H,(H2,14,17)(H,15,16). The van der Waals surface area contributed by atoms with Crippen LogP contribution in [0.1, 0.15) is 10.5 Å². The van der Waals surface area contributed by atoms with E-state index < -0.39 is 28.9 Å². The van der Waals surface area contributed by atoms with E-state index in [9.17, 15) is 18.0 Å². The lowest BCUT2D eigenvalue weighted by Crippen LogP contribution is -2.10. The zero-order valence-electron chi connectivity index (χ0n) is 8.30. The third-order valence-electron chi connectivity index (χ3n) is 2.14. The molecule has 4 nitrogen and oxygen atoms in total. The summed E-state index contributed by atoms with van der Waals surface area (Å²) in [5.41, 5.74) is 3.94. The number of halogens is 3. The van der Waals surface area contributed by atoms with E-state index in [2.05, 4.69) is 10.2 Å². The minimum absolute atomic E-state index is 0.122. The number of H-pyrrole nitrogens is 1. The number of nitrogens with one attached hydrogen (secondary N) is 1. The minimum Gasteiger partial charge on any atom is -0.364 e. The highest BCUT2D eigenvalue weighted by Gasteiger charge is 2.19. The molecule has 0 spiro atoms. The van der Waals surface area contributed by atoms with Gasteiger partial charge in [0, 0.05) is 0 Å². The van der Waals surface area contributed by atoms with Gasteiger partial charge in [-0.3, -0.25) is 9.89 Å². The van der Waals surface area contributed by atoms with Crippen LogP contribution in [-0.2, 0) is 0 Å². The van der Waals surface area contributed by atoms with Crippen molar-refractivity contribution in [2.24, 2.45) is 5.73 Å². The number of amides is 1. The lowest BCUT2D eigenvalue weighted by atomic mass is 10.1. The summed E-state index contributed by atoms with van der Waals surface area (Å²) in [7, 11) is 0. The van der Waals surface area contributed by atoms with E-state index in [4.69, 9.17) is 5.73 Å². The van der Waals surface area contributed by atoms with Gasteiger partial charge < -0.3 is 5.73 Å². The van der Waals surface area contributed by atoms with E-state index >= 15 is 0 Å². The zero-order chi connectivity index (χ0) is 12.6. The van der Waals surface area contributed by atoms with Gasteiger partial charge in [0.05, 0.1) is 11.3 Å². The quantitative estimate of drug-likeness (QED) is 0.784. The Bertz CT molecular complexity index is 594. The predicted octanol–water partition coefficient (Wildman–Crippen LogP) is 1.59. The van der Waals surface area contributed by atoms with Crippen molar-refractivity contribution in [2.45, 2.75) is 0 Å². The fraction of sp³-hybridized carbons (Fsp3) is 0. The summed E-state index contributed by atoms with van der Waals surface area (Å²) < 4.78 is 39.7. The lowest BCUT2D eigenvalue weighted by Gasteiger charge is -2.01. The van der Waals surface area contributed by atoms with E-state index in [0.717, 1.165) is 12.1 Å². The Balaban J connectivity index is 2.60. The number of aromatic amines is 1. The number of carbonyl (C=O) groups excluding carboxylic acids is 1. The number of aromatic nitrogens is 2. The lowest BCUT2D eigenvalue weighted by molar-refractivity contribution is 0.0995. The van der Waals surface area contributed by atoms with Gasteiger partial charge >= 0.3 is 0 Å². The normalized spacial score (nSPS) is 10.5. The summed E-state index contributed by atoms with van der Waals surface area (Å²) in [6.45, 7) is 0. The van der Waals surface area contributed by atoms with Gasteiger partial charge in [0.15, 0.2) is 11.6 Å². The van der Waals surface area contributed by atoms with E-state index in [0.29, 0.717) is 6.07 Å². The van der Waals surface area contributed by atoms with Crippen molar-refractivity contribution in [1.82, 2.24) is 10.2 Å². The third kappa shape index (κ3) is 1.86. The molecule has 0 aliphatic rings. The molecule has 88 valence electrons. The monoisotopic (exact) mass is 241 g/mol. The van der Waals surface area contributed by atoms with Crippen LogP contribution in [0.3, 0.4) is 0 Å². The van der Waals surface area contributed by atoms with Crippen LogP contribution in [0.15, 0.2) is 18.2 Å². The fourth-order valence-corrected chi connectivity index (χ4v) is 1.34. The van der Waals surface area contributed by atoms with E-state index in [1.165, 1.54) is 0 Å². The summed E-state index contributed by atoms with van der Waals surface area (Å²) in [6, 6.07) is 2.48. The maximum Gasteiger partial charge on any atom is 0.266 e. The number of primary amides is 1. The molecule has 0 aliphatic heterocycles. The molecule has 0 aliphatic carbocycles. The Morgan fingerprint density at radius 1 is 1.24 bits per heavy atom. The van der Waals surface area contributed by atoms with Crippen LogP contribution in [0.2, 0.25) is 0 Å². The number of hydrogen-bond acceptors (Lipinski definition) is 2. The van der Waals surface area contributed by atoms with Crippen molar-refractivity contribution in [2.75, 3.05) is 0 Å². The third-order valence-corrected chi connectivity index (χ3v) is 2.14. The number of benzene rings is 1. The Morgan fingerprint density at radius 3 is 2.47 bits per heavy atom. The topological polar surface area (TPSA) is 71.8 Å². The summed E-state index contributed by atoms with van der Waals surface area (Å²) in [6.07, 6.45) is 0. The molecule has 1 heterocycles. The fourth-order valence-electron chi connectivity index (χ4n) is 1.34. The first-order valence-electron chi connectivity index (χ1n) is 4.49. The van der Waals surface area contributed by atoms with Gasteiger partial charge in [-0.2, -0.15) is 5.10 Å².